The standard InChI is InChI=1S/C23H27NO4/c1-24(14-17-8-11-22(26-2)23(12-17)27-3)15-20(25)16-28-21-10-9-18-6-4-5-7-19(18)13-21/h4-13,20,25H,14-16H2,1-3H3. The molecular formula is C23H27NO4. The molecule has 1 N–H and O–H groups in total. The van der Waals surface area contributed by atoms with Crippen molar-refractivity contribution in [3.8, 4) is 17.2 Å². The monoisotopic (exact) mass is 381 g/mol. The molecule has 0 saturated heterocycles. The number of aliphatic hydroxyl groups is 1. The van der Waals surface area contributed by atoms with Gasteiger partial charge >= 0.3 is 0 Å². The van der Waals surface area contributed by atoms with E-state index in [4.69, 9.17) is 14.2 Å². The van der Waals surface area contributed by atoms with Gasteiger partial charge in [-0.15, -0.1) is 0 Å². The quantitative estimate of drug-likeness (QED) is 0.612. The zero-order chi connectivity index (χ0) is 19.9. The third-order valence-corrected chi connectivity index (χ3v) is 4.59. The van der Waals surface area contributed by atoms with Crippen LogP contribution in [0.3, 0.4) is 0 Å². The molecule has 0 saturated carbocycles. The van der Waals surface area contributed by atoms with Crippen molar-refractivity contribution in [3.63, 3.8) is 0 Å². The highest BCUT2D eigenvalue weighted by molar-refractivity contribution is 5.83. The molecule has 0 amide bonds. The molecule has 0 fully saturated rings. The number of rotatable bonds is 9. The fourth-order valence-electron chi connectivity index (χ4n) is 3.22. The van der Waals surface area contributed by atoms with Crippen LogP contribution in [0.1, 0.15) is 5.56 Å². The maximum absolute atomic E-state index is 10.3. The van der Waals surface area contributed by atoms with Crippen LogP contribution in [-0.2, 0) is 6.54 Å². The molecule has 0 aliphatic carbocycles. The molecular weight excluding hydrogens is 354 g/mol. The lowest BCUT2D eigenvalue weighted by atomic mass is 10.1. The Balaban J connectivity index is 1.51. The predicted octanol–water partition coefficient (Wildman–Crippen LogP) is 3.73. The van der Waals surface area contributed by atoms with Gasteiger partial charge < -0.3 is 19.3 Å². The highest BCUT2D eigenvalue weighted by Gasteiger charge is 2.12. The molecule has 3 aromatic carbocycles. The van der Waals surface area contributed by atoms with Gasteiger partial charge in [0.15, 0.2) is 11.5 Å². The molecule has 0 spiro atoms. The van der Waals surface area contributed by atoms with E-state index in [2.05, 4.69) is 17.0 Å². The maximum Gasteiger partial charge on any atom is 0.161 e. The Bertz CT molecular complexity index is 912. The predicted molar refractivity (Wildman–Crippen MR) is 111 cm³/mol. The van der Waals surface area contributed by atoms with Gasteiger partial charge in [0, 0.05) is 13.1 Å². The average molecular weight is 381 g/mol. The van der Waals surface area contributed by atoms with Crippen LogP contribution in [0.25, 0.3) is 10.8 Å². The second-order valence-electron chi connectivity index (χ2n) is 6.86. The molecule has 5 nitrogen and oxygen atoms in total. The summed E-state index contributed by atoms with van der Waals surface area (Å²) >= 11 is 0. The van der Waals surface area contributed by atoms with Crippen molar-refractivity contribution >= 4 is 10.8 Å². The Labute approximate surface area is 166 Å². The molecule has 3 aromatic rings. The van der Waals surface area contributed by atoms with E-state index in [0.29, 0.717) is 24.6 Å². The molecule has 0 aromatic heterocycles. The molecule has 148 valence electrons. The number of methoxy groups -OCH3 is 2. The number of likely N-dealkylation sites (N-methyl/N-ethyl adjacent to an activating group) is 1. The topological polar surface area (TPSA) is 51.2 Å². The summed E-state index contributed by atoms with van der Waals surface area (Å²) in [6.45, 7) is 1.43. The maximum atomic E-state index is 10.3. The van der Waals surface area contributed by atoms with Crippen LogP contribution in [-0.4, -0.2) is 50.5 Å². The number of ether oxygens (including phenoxy) is 3. The van der Waals surface area contributed by atoms with Crippen molar-refractivity contribution in [2.75, 3.05) is 34.4 Å². The molecule has 0 radical (unpaired) electrons. The van der Waals surface area contributed by atoms with E-state index in [1.807, 2.05) is 55.6 Å². The van der Waals surface area contributed by atoms with Crippen molar-refractivity contribution in [3.05, 3.63) is 66.2 Å². The van der Waals surface area contributed by atoms with E-state index < -0.39 is 6.10 Å². The van der Waals surface area contributed by atoms with Crippen LogP contribution in [0.15, 0.2) is 60.7 Å². The van der Waals surface area contributed by atoms with Crippen LogP contribution in [0.5, 0.6) is 17.2 Å². The molecule has 0 heterocycles. The van der Waals surface area contributed by atoms with E-state index >= 15 is 0 Å². The fourth-order valence-corrected chi connectivity index (χ4v) is 3.22. The Morgan fingerprint density at radius 2 is 1.64 bits per heavy atom. The molecule has 3 rings (SSSR count). The summed E-state index contributed by atoms with van der Waals surface area (Å²) in [7, 11) is 5.21. The smallest absolute Gasteiger partial charge is 0.161 e. The average Bonchev–Trinajstić information content (AvgIpc) is 2.71. The number of fused-ring (bicyclic) bond motifs is 1. The number of benzene rings is 3. The van der Waals surface area contributed by atoms with Gasteiger partial charge in [-0.25, -0.2) is 0 Å². The summed E-state index contributed by atoms with van der Waals surface area (Å²) in [6, 6.07) is 19.9. The van der Waals surface area contributed by atoms with Gasteiger partial charge in [0.05, 0.1) is 14.2 Å². The highest BCUT2D eigenvalue weighted by atomic mass is 16.5. The fraction of sp³-hybridized carbons (Fsp3) is 0.304. The summed E-state index contributed by atoms with van der Waals surface area (Å²) in [5.74, 6) is 2.17. The first-order chi connectivity index (χ1) is 13.6. The Hall–Kier alpha value is -2.76. The van der Waals surface area contributed by atoms with E-state index in [1.165, 1.54) is 5.39 Å². The first-order valence-corrected chi connectivity index (χ1v) is 9.28. The van der Waals surface area contributed by atoms with Crippen molar-refractivity contribution in [2.24, 2.45) is 0 Å². The Kier molecular flexibility index (Phi) is 6.74. The molecule has 28 heavy (non-hydrogen) atoms. The summed E-state index contributed by atoms with van der Waals surface area (Å²) in [4.78, 5) is 2.05. The minimum Gasteiger partial charge on any atom is -0.493 e. The zero-order valence-electron chi connectivity index (χ0n) is 16.6. The minimum absolute atomic E-state index is 0.245. The second kappa shape index (κ2) is 9.44. The van der Waals surface area contributed by atoms with Crippen LogP contribution in [0.2, 0.25) is 0 Å². The highest BCUT2D eigenvalue weighted by Crippen LogP contribution is 2.28. The van der Waals surface area contributed by atoms with Gasteiger partial charge in [-0.2, -0.15) is 0 Å². The zero-order valence-corrected chi connectivity index (χ0v) is 16.6. The SMILES string of the molecule is COc1ccc(CN(C)CC(O)COc2ccc3ccccc3c2)cc1OC. The third kappa shape index (κ3) is 5.15. The number of hydrogen-bond acceptors (Lipinski definition) is 5. The van der Waals surface area contributed by atoms with Crippen LogP contribution in [0.4, 0.5) is 0 Å². The van der Waals surface area contributed by atoms with Gasteiger partial charge in [0.1, 0.15) is 18.5 Å². The minimum atomic E-state index is -0.586. The summed E-state index contributed by atoms with van der Waals surface area (Å²) in [5, 5.41) is 12.6. The molecule has 0 aliphatic rings. The van der Waals surface area contributed by atoms with Gasteiger partial charge in [0.25, 0.3) is 0 Å². The van der Waals surface area contributed by atoms with E-state index in [9.17, 15) is 5.11 Å². The lowest BCUT2D eigenvalue weighted by Crippen LogP contribution is -2.32. The van der Waals surface area contributed by atoms with Gasteiger partial charge in [-0.05, 0) is 47.6 Å². The lowest BCUT2D eigenvalue weighted by Gasteiger charge is -2.21. The van der Waals surface area contributed by atoms with Crippen LogP contribution < -0.4 is 14.2 Å². The Morgan fingerprint density at radius 1 is 0.893 bits per heavy atom. The molecule has 0 aliphatic heterocycles. The second-order valence-corrected chi connectivity index (χ2v) is 6.86. The van der Waals surface area contributed by atoms with Gasteiger partial charge in [-0.1, -0.05) is 36.4 Å². The normalized spacial score (nSPS) is 12.2. The molecule has 1 atom stereocenters. The van der Waals surface area contributed by atoms with Crippen molar-refractivity contribution in [1.29, 1.82) is 0 Å². The number of nitrogens with zero attached hydrogens (tertiary/aromatic N) is 1. The van der Waals surface area contributed by atoms with Crippen LogP contribution in [0, 0.1) is 0 Å². The summed E-state index contributed by atoms with van der Waals surface area (Å²) < 4.78 is 16.4. The van der Waals surface area contributed by atoms with E-state index in [1.54, 1.807) is 14.2 Å². The molecule has 0 bridgehead atoms. The third-order valence-electron chi connectivity index (χ3n) is 4.59. The summed E-state index contributed by atoms with van der Waals surface area (Å²) in [6.07, 6.45) is -0.586. The Morgan fingerprint density at radius 3 is 2.39 bits per heavy atom. The van der Waals surface area contributed by atoms with E-state index in [0.717, 1.165) is 16.7 Å². The first kappa shape index (κ1) is 20.0. The van der Waals surface area contributed by atoms with Gasteiger partial charge in [0.2, 0.25) is 0 Å². The number of hydrogen-bond donors (Lipinski definition) is 1. The lowest BCUT2D eigenvalue weighted by molar-refractivity contribution is 0.0744. The van der Waals surface area contributed by atoms with Gasteiger partial charge in [-0.3, -0.25) is 4.90 Å². The largest absolute Gasteiger partial charge is 0.493 e. The first-order valence-electron chi connectivity index (χ1n) is 9.28. The molecule has 1 unspecified atom stereocenters. The van der Waals surface area contributed by atoms with Crippen molar-refractivity contribution in [2.45, 2.75) is 12.6 Å². The van der Waals surface area contributed by atoms with Crippen molar-refractivity contribution < 1.29 is 19.3 Å². The van der Waals surface area contributed by atoms with Crippen LogP contribution >= 0.6 is 0 Å². The van der Waals surface area contributed by atoms with Crippen molar-refractivity contribution in [1.82, 2.24) is 4.90 Å². The summed E-state index contributed by atoms with van der Waals surface area (Å²) in [5.41, 5.74) is 1.09. The molecule has 5 heteroatoms. The van der Waals surface area contributed by atoms with E-state index in [-0.39, 0.29) is 6.61 Å². The number of aliphatic hydroxyl groups excluding tert-OH is 1.